The number of anilines is 1. The molecule has 0 aliphatic heterocycles. The molecule has 0 aliphatic carbocycles. The Labute approximate surface area is 149 Å². The van der Waals surface area contributed by atoms with Crippen LogP contribution in [0.1, 0.15) is 34.3 Å². The summed E-state index contributed by atoms with van der Waals surface area (Å²) in [6.45, 7) is 1.56. The highest BCUT2D eigenvalue weighted by Crippen LogP contribution is 2.35. The van der Waals surface area contributed by atoms with Crippen LogP contribution in [0.25, 0.3) is 0 Å². The van der Waals surface area contributed by atoms with Crippen LogP contribution in [0.15, 0.2) is 24.3 Å². The molecule has 0 spiro atoms. The number of nitrogens with zero attached hydrogens (tertiary/aromatic N) is 2. The van der Waals surface area contributed by atoms with E-state index in [0.29, 0.717) is 11.3 Å². The predicted octanol–water partition coefficient (Wildman–Crippen LogP) is 3.71. The lowest BCUT2D eigenvalue weighted by atomic mass is 9.95. The second kappa shape index (κ2) is 7.05. The minimum Gasteiger partial charge on any atom is -0.468 e. The van der Waals surface area contributed by atoms with Gasteiger partial charge in [-0.05, 0) is 30.2 Å². The van der Waals surface area contributed by atoms with Crippen LogP contribution >= 0.6 is 0 Å². The molecule has 0 radical (unpaired) electrons. The Morgan fingerprint density at radius 2 is 1.56 bits per heavy atom. The van der Waals surface area contributed by atoms with E-state index in [9.17, 15) is 31.1 Å². The van der Waals surface area contributed by atoms with Crippen molar-refractivity contribution in [1.29, 1.82) is 0 Å². The maximum absolute atomic E-state index is 13.0. The lowest BCUT2D eigenvalue weighted by Crippen LogP contribution is -2.23. The second-order valence-corrected chi connectivity index (χ2v) is 5.56. The number of esters is 1. The van der Waals surface area contributed by atoms with Crippen molar-refractivity contribution in [3.05, 3.63) is 52.6 Å². The number of nitrogen functional groups attached to an aromatic ring is 1. The monoisotopic (exact) mass is 393 g/mol. The number of nitrogens with two attached hydrogens (primary N) is 1. The van der Waals surface area contributed by atoms with Crippen LogP contribution in [0, 0.1) is 6.92 Å². The summed E-state index contributed by atoms with van der Waals surface area (Å²) < 4.78 is 82.6. The first kappa shape index (κ1) is 20.5. The van der Waals surface area contributed by atoms with E-state index in [2.05, 4.69) is 14.7 Å². The normalized spacial score (nSPS) is 13.3. The van der Waals surface area contributed by atoms with Gasteiger partial charge in [0.1, 0.15) is 23.1 Å². The number of carbonyl (C=O) groups is 1. The van der Waals surface area contributed by atoms with Crippen molar-refractivity contribution >= 4 is 11.7 Å². The Morgan fingerprint density at radius 3 is 1.96 bits per heavy atom. The third-order valence-electron chi connectivity index (χ3n) is 3.65. The van der Waals surface area contributed by atoms with E-state index in [4.69, 9.17) is 5.73 Å². The molecule has 2 rings (SSSR count). The molecular weight excluding hydrogens is 380 g/mol. The third kappa shape index (κ3) is 4.47. The van der Waals surface area contributed by atoms with Crippen LogP contribution in [-0.2, 0) is 21.9 Å². The van der Waals surface area contributed by atoms with E-state index in [0.717, 1.165) is 7.11 Å². The van der Waals surface area contributed by atoms with Gasteiger partial charge in [0, 0.05) is 5.69 Å². The number of rotatable bonds is 3. The van der Waals surface area contributed by atoms with E-state index >= 15 is 0 Å². The maximum atomic E-state index is 13.0. The van der Waals surface area contributed by atoms with Gasteiger partial charge < -0.3 is 10.5 Å². The molecule has 0 saturated carbocycles. The lowest BCUT2D eigenvalue weighted by molar-refractivity contribution is -0.149. The number of ether oxygens (including phenoxy) is 1. The first-order chi connectivity index (χ1) is 12.3. The molecule has 1 atom stereocenters. The van der Waals surface area contributed by atoms with E-state index in [-0.39, 0.29) is 11.6 Å². The molecule has 0 fully saturated rings. The number of methoxy groups -OCH3 is 1. The van der Waals surface area contributed by atoms with Gasteiger partial charge in [0.2, 0.25) is 0 Å². The Balaban J connectivity index is 2.74. The maximum Gasteiger partial charge on any atom is 0.433 e. The van der Waals surface area contributed by atoms with Gasteiger partial charge in [0.25, 0.3) is 0 Å². The van der Waals surface area contributed by atoms with Gasteiger partial charge in [-0.1, -0.05) is 12.1 Å². The van der Waals surface area contributed by atoms with Gasteiger partial charge in [-0.3, -0.25) is 4.79 Å². The SMILES string of the molecule is COC(=O)C(c1ccc(N)c(C)c1)c1nc(C(F)(F)F)cc(C(F)(F)F)n1. The minimum atomic E-state index is -5.17. The van der Waals surface area contributed by atoms with Crippen molar-refractivity contribution in [2.45, 2.75) is 25.2 Å². The first-order valence-electron chi connectivity index (χ1n) is 7.31. The van der Waals surface area contributed by atoms with Crippen molar-refractivity contribution in [3.8, 4) is 0 Å². The molecule has 2 aromatic rings. The molecule has 1 aromatic carbocycles. The minimum absolute atomic E-state index is 0.0426. The zero-order valence-electron chi connectivity index (χ0n) is 13.9. The molecular formula is C16H13F6N3O2. The summed E-state index contributed by atoms with van der Waals surface area (Å²) in [7, 11) is 0.942. The van der Waals surface area contributed by atoms with Crippen molar-refractivity contribution in [3.63, 3.8) is 0 Å². The standard InChI is InChI=1S/C16H13F6N3O2/c1-7-5-8(3-4-9(7)23)12(14(26)27-2)13-24-10(15(17,18)19)6-11(25-13)16(20,21)22/h3-6,12H,23H2,1-2H3. The first-order valence-corrected chi connectivity index (χ1v) is 7.31. The number of halogens is 6. The molecule has 1 heterocycles. The molecule has 27 heavy (non-hydrogen) atoms. The van der Waals surface area contributed by atoms with Crippen LogP contribution in [0.4, 0.5) is 32.0 Å². The number of carbonyl (C=O) groups excluding carboxylic acids is 1. The summed E-state index contributed by atoms with van der Waals surface area (Å²) in [5.41, 5.74) is 2.84. The molecule has 1 unspecified atom stereocenters. The molecule has 0 amide bonds. The van der Waals surface area contributed by atoms with E-state index in [1.807, 2.05) is 0 Å². The summed E-state index contributed by atoms with van der Waals surface area (Å²) in [5, 5.41) is 0. The van der Waals surface area contributed by atoms with E-state index in [1.54, 1.807) is 6.92 Å². The van der Waals surface area contributed by atoms with Crippen molar-refractivity contribution < 1.29 is 35.9 Å². The molecule has 1 aromatic heterocycles. The van der Waals surface area contributed by atoms with Gasteiger partial charge in [-0.15, -0.1) is 0 Å². The quantitative estimate of drug-likeness (QED) is 0.489. The fourth-order valence-electron chi connectivity index (χ4n) is 2.27. The molecule has 146 valence electrons. The molecule has 0 saturated heterocycles. The Morgan fingerprint density at radius 1 is 1.04 bits per heavy atom. The number of alkyl halides is 6. The topological polar surface area (TPSA) is 78.1 Å². The van der Waals surface area contributed by atoms with Gasteiger partial charge in [-0.2, -0.15) is 26.3 Å². The predicted molar refractivity (Wildman–Crippen MR) is 81.5 cm³/mol. The number of aryl methyl sites for hydroxylation is 1. The highest BCUT2D eigenvalue weighted by molar-refractivity contribution is 5.81. The number of benzene rings is 1. The molecule has 11 heteroatoms. The Kier molecular flexibility index (Phi) is 5.34. The summed E-state index contributed by atoms with van der Waals surface area (Å²) in [6, 6.07) is 3.76. The van der Waals surface area contributed by atoms with Gasteiger partial charge in [0.05, 0.1) is 7.11 Å². The zero-order valence-corrected chi connectivity index (χ0v) is 13.9. The van der Waals surface area contributed by atoms with Gasteiger partial charge >= 0.3 is 18.3 Å². The van der Waals surface area contributed by atoms with Crippen molar-refractivity contribution in [2.75, 3.05) is 12.8 Å². The number of aromatic nitrogens is 2. The van der Waals surface area contributed by atoms with Crippen LogP contribution in [0.3, 0.4) is 0 Å². The van der Waals surface area contributed by atoms with Crippen LogP contribution in [0.2, 0.25) is 0 Å². The Bertz CT molecular complexity index is 832. The summed E-state index contributed by atoms with van der Waals surface area (Å²) in [6.07, 6.45) is -10.3. The van der Waals surface area contributed by atoms with Crippen LogP contribution < -0.4 is 5.73 Å². The van der Waals surface area contributed by atoms with E-state index < -0.39 is 41.5 Å². The third-order valence-corrected chi connectivity index (χ3v) is 3.65. The second-order valence-electron chi connectivity index (χ2n) is 5.56. The lowest BCUT2D eigenvalue weighted by Gasteiger charge is -2.18. The summed E-state index contributed by atoms with van der Waals surface area (Å²) in [5.74, 6) is -3.79. The number of hydrogen-bond acceptors (Lipinski definition) is 5. The zero-order chi connectivity index (χ0) is 20.6. The van der Waals surface area contributed by atoms with Crippen LogP contribution in [0.5, 0.6) is 0 Å². The van der Waals surface area contributed by atoms with Gasteiger partial charge in [-0.25, -0.2) is 9.97 Å². The summed E-state index contributed by atoms with van der Waals surface area (Å²) in [4.78, 5) is 18.4. The highest BCUT2D eigenvalue weighted by Gasteiger charge is 2.41. The largest absolute Gasteiger partial charge is 0.468 e. The highest BCUT2D eigenvalue weighted by atomic mass is 19.4. The molecule has 5 nitrogen and oxygen atoms in total. The Hall–Kier alpha value is -2.85. The average Bonchev–Trinajstić information content (AvgIpc) is 2.56. The fourth-order valence-corrected chi connectivity index (χ4v) is 2.27. The van der Waals surface area contributed by atoms with Crippen LogP contribution in [-0.4, -0.2) is 23.0 Å². The summed E-state index contributed by atoms with van der Waals surface area (Å²) >= 11 is 0. The van der Waals surface area contributed by atoms with Crippen molar-refractivity contribution in [2.24, 2.45) is 0 Å². The van der Waals surface area contributed by atoms with Crippen molar-refractivity contribution in [1.82, 2.24) is 9.97 Å². The molecule has 2 N–H and O–H groups in total. The van der Waals surface area contributed by atoms with Gasteiger partial charge in [0.15, 0.2) is 0 Å². The number of hydrogen-bond donors (Lipinski definition) is 1. The average molecular weight is 393 g/mol. The fraction of sp³-hybridized carbons (Fsp3) is 0.312. The van der Waals surface area contributed by atoms with E-state index in [1.165, 1.54) is 18.2 Å². The molecule has 0 bridgehead atoms. The molecule has 0 aliphatic rings. The smallest absolute Gasteiger partial charge is 0.433 e.